The highest BCUT2D eigenvalue weighted by Crippen LogP contribution is 2.46. The average molecular weight is 220 g/mol. The Bertz CT molecular complexity index is 412. The topological polar surface area (TPSA) is 79.3 Å². The molecule has 84 valence electrons. The molecule has 1 aromatic rings. The lowest BCUT2D eigenvalue weighted by Gasteiger charge is -2.10. The molecule has 0 bridgehead atoms. The number of hydrogen-bond acceptors (Lipinski definition) is 3. The summed E-state index contributed by atoms with van der Waals surface area (Å²) in [6, 6.07) is 3.60. The quantitative estimate of drug-likeness (QED) is 0.727. The van der Waals surface area contributed by atoms with Gasteiger partial charge in [0.2, 0.25) is 5.91 Å². The van der Waals surface area contributed by atoms with Crippen molar-refractivity contribution in [2.24, 2.45) is 5.41 Å². The first-order valence-electron chi connectivity index (χ1n) is 5.06. The minimum absolute atomic E-state index is 0.321. The van der Waals surface area contributed by atoms with Crippen molar-refractivity contribution < 1.29 is 14.7 Å². The molecular weight excluding hydrogens is 208 g/mol. The van der Waals surface area contributed by atoms with Gasteiger partial charge in [-0.1, -0.05) is 6.07 Å². The number of carbonyl (C=O) groups is 2. The molecule has 5 nitrogen and oxygen atoms in total. The van der Waals surface area contributed by atoms with Gasteiger partial charge in [-0.05, 0) is 24.5 Å². The van der Waals surface area contributed by atoms with Crippen molar-refractivity contribution in [2.45, 2.75) is 19.4 Å². The first-order valence-corrected chi connectivity index (χ1v) is 5.06. The van der Waals surface area contributed by atoms with E-state index in [0.717, 1.165) is 5.56 Å². The molecule has 0 aliphatic heterocycles. The van der Waals surface area contributed by atoms with Crippen LogP contribution < -0.4 is 5.32 Å². The Morgan fingerprint density at radius 3 is 2.75 bits per heavy atom. The largest absolute Gasteiger partial charge is 0.480 e. The number of rotatable bonds is 4. The number of aromatic nitrogens is 1. The number of hydrogen-bond donors (Lipinski definition) is 2. The van der Waals surface area contributed by atoms with Gasteiger partial charge in [0.15, 0.2) is 0 Å². The standard InChI is InChI=1S/C11H12N2O3/c14-9(11(3-4-11)10(15)16)13-7-8-2-1-5-12-6-8/h1-2,5-6H,3-4,7H2,(H,13,14)(H,15,16). The van der Waals surface area contributed by atoms with E-state index in [1.807, 2.05) is 6.07 Å². The zero-order valence-electron chi connectivity index (χ0n) is 8.64. The third-order valence-corrected chi connectivity index (χ3v) is 2.77. The van der Waals surface area contributed by atoms with Gasteiger partial charge in [-0.25, -0.2) is 0 Å². The predicted molar refractivity (Wildman–Crippen MR) is 55.4 cm³/mol. The number of aliphatic carboxylic acids is 1. The lowest BCUT2D eigenvalue weighted by molar-refractivity contribution is -0.149. The molecule has 0 atom stereocenters. The van der Waals surface area contributed by atoms with E-state index in [2.05, 4.69) is 10.3 Å². The second-order valence-corrected chi connectivity index (χ2v) is 3.93. The number of carbonyl (C=O) groups excluding carboxylic acids is 1. The van der Waals surface area contributed by atoms with E-state index in [1.165, 1.54) is 0 Å². The van der Waals surface area contributed by atoms with Crippen LogP contribution in [0.2, 0.25) is 0 Å². The smallest absolute Gasteiger partial charge is 0.319 e. The van der Waals surface area contributed by atoms with Crippen molar-refractivity contribution in [2.75, 3.05) is 0 Å². The highest BCUT2D eigenvalue weighted by atomic mass is 16.4. The van der Waals surface area contributed by atoms with Gasteiger partial charge in [-0.3, -0.25) is 14.6 Å². The molecule has 2 N–H and O–H groups in total. The number of nitrogens with zero attached hydrogens (tertiary/aromatic N) is 1. The molecule has 0 aromatic carbocycles. The number of amides is 1. The van der Waals surface area contributed by atoms with Gasteiger partial charge in [-0.2, -0.15) is 0 Å². The minimum atomic E-state index is -1.16. The first kappa shape index (κ1) is 10.6. The fraction of sp³-hybridized carbons (Fsp3) is 0.364. The average Bonchev–Trinajstić information content (AvgIpc) is 3.08. The Labute approximate surface area is 92.5 Å². The zero-order valence-corrected chi connectivity index (χ0v) is 8.64. The summed E-state index contributed by atoms with van der Waals surface area (Å²) in [6.45, 7) is 0.321. The molecular formula is C11H12N2O3. The van der Waals surface area contributed by atoms with Crippen LogP contribution in [0.15, 0.2) is 24.5 Å². The maximum absolute atomic E-state index is 11.6. The molecule has 0 spiro atoms. The highest BCUT2D eigenvalue weighted by Gasteiger charge is 2.56. The summed E-state index contributed by atoms with van der Waals surface area (Å²) < 4.78 is 0. The molecule has 1 aliphatic carbocycles. The second-order valence-electron chi connectivity index (χ2n) is 3.93. The van der Waals surface area contributed by atoms with E-state index in [-0.39, 0.29) is 0 Å². The summed E-state index contributed by atoms with van der Waals surface area (Å²) in [5, 5.41) is 11.5. The van der Waals surface area contributed by atoms with Crippen LogP contribution in [0.1, 0.15) is 18.4 Å². The molecule has 0 unspecified atom stereocenters. The van der Waals surface area contributed by atoms with Crippen molar-refractivity contribution >= 4 is 11.9 Å². The maximum Gasteiger partial charge on any atom is 0.319 e. The number of pyridine rings is 1. The Morgan fingerprint density at radius 1 is 1.50 bits per heavy atom. The van der Waals surface area contributed by atoms with Crippen molar-refractivity contribution in [1.82, 2.24) is 10.3 Å². The summed E-state index contributed by atoms with van der Waals surface area (Å²) >= 11 is 0. The van der Waals surface area contributed by atoms with Crippen molar-refractivity contribution in [3.8, 4) is 0 Å². The molecule has 1 heterocycles. The van der Waals surface area contributed by atoms with E-state index in [4.69, 9.17) is 5.11 Å². The number of nitrogens with one attached hydrogen (secondary N) is 1. The molecule has 0 radical (unpaired) electrons. The maximum atomic E-state index is 11.6. The molecule has 1 saturated carbocycles. The van der Waals surface area contributed by atoms with Gasteiger partial charge >= 0.3 is 5.97 Å². The molecule has 16 heavy (non-hydrogen) atoms. The van der Waals surface area contributed by atoms with Gasteiger partial charge in [0.05, 0.1) is 0 Å². The Kier molecular flexibility index (Phi) is 2.60. The van der Waals surface area contributed by atoms with E-state index in [1.54, 1.807) is 18.5 Å². The van der Waals surface area contributed by atoms with Gasteiger partial charge in [0, 0.05) is 18.9 Å². The Balaban J connectivity index is 1.92. The summed E-state index contributed by atoms with van der Waals surface area (Å²) in [7, 11) is 0. The molecule has 1 amide bonds. The summed E-state index contributed by atoms with van der Waals surface area (Å²) in [5.74, 6) is -1.43. The van der Waals surface area contributed by atoms with Crippen LogP contribution in [0.4, 0.5) is 0 Å². The molecule has 0 saturated heterocycles. The zero-order chi connectivity index (χ0) is 11.6. The third-order valence-electron chi connectivity index (χ3n) is 2.77. The molecule has 1 aromatic heterocycles. The van der Waals surface area contributed by atoms with Gasteiger partial charge < -0.3 is 10.4 Å². The van der Waals surface area contributed by atoms with E-state index < -0.39 is 17.3 Å². The van der Waals surface area contributed by atoms with Crippen molar-refractivity contribution in [3.63, 3.8) is 0 Å². The lowest BCUT2D eigenvalue weighted by Crippen LogP contribution is -2.36. The molecule has 1 aliphatic rings. The summed E-state index contributed by atoms with van der Waals surface area (Å²) in [4.78, 5) is 26.4. The lowest BCUT2D eigenvalue weighted by atomic mass is 10.1. The molecule has 5 heteroatoms. The van der Waals surface area contributed by atoms with Gasteiger partial charge in [0.1, 0.15) is 5.41 Å². The van der Waals surface area contributed by atoms with E-state index in [0.29, 0.717) is 19.4 Å². The van der Waals surface area contributed by atoms with E-state index >= 15 is 0 Å². The number of carboxylic acids is 1. The highest BCUT2D eigenvalue weighted by molar-refractivity contribution is 6.04. The van der Waals surface area contributed by atoms with Crippen LogP contribution in [0.3, 0.4) is 0 Å². The van der Waals surface area contributed by atoms with E-state index in [9.17, 15) is 9.59 Å². The minimum Gasteiger partial charge on any atom is -0.480 e. The second kappa shape index (κ2) is 3.92. The van der Waals surface area contributed by atoms with Crippen LogP contribution in [0.5, 0.6) is 0 Å². The Morgan fingerprint density at radius 2 is 2.25 bits per heavy atom. The Hall–Kier alpha value is -1.91. The normalized spacial score (nSPS) is 16.5. The summed E-state index contributed by atoms with van der Waals surface area (Å²) in [6.07, 6.45) is 4.15. The first-order chi connectivity index (χ1) is 7.65. The fourth-order valence-electron chi connectivity index (χ4n) is 1.52. The van der Waals surface area contributed by atoms with Crippen LogP contribution in [0.25, 0.3) is 0 Å². The molecule has 2 rings (SSSR count). The van der Waals surface area contributed by atoms with Crippen LogP contribution in [0, 0.1) is 5.41 Å². The van der Waals surface area contributed by atoms with Crippen molar-refractivity contribution in [3.05, 3.63) is 30.1 Å². The predicted octanol–water partition coefficient (Wildman–Crippen LogP) is 0.563. The molecule has 1 fully saturated rings. The van der Waals surface area contributed by atoms with Crippen LogP contribution >= 0.6 is 0 Å². The van der Waals surface area contributed by atoms with Gasteiger partial charge in [-0.15, -0.1) is 0 Å². The van der Waals surface area contributed by atoms with Crippen LogP contribution in [-0.4, -0.2) is 22.0 Å². The monoisotopic (exact) mass is 220 g/mol. The van der Waals surface area contributed by atoms with Gasteiger partial charge in [0.25, 0.3) is 0 Å². The SMILES string of the molecule is O=C(O)C1(C(=O)NCc2cccnc2)CC1. The van der Waals surface area contributed by atoms with Crippen LogP contribution in [-0.2, 0) is 16.1 Å². The fourth-order valence-corrected chi connectivity index (χ4v) is 1.52. The third kappa shape index (κ3) is 1.88. The van der Waals surface area contributed by atoms with Crippen molar-refractivity contribution in [1.29, 1.82) is 0 Å². The summed E-state index contributed by atoms with van der Waals surface area (Å²) in [5.41, 5.74) is -0.306. The number of carboxylic acid groups (broad SMARTS) is 1.